The summed E-state index contributed by atoms with van der Waals surface area (Å²) in [7, 11) is -4.09. The average Bonchev–Trinajstić information content (AvgIpc) is 2.17. The molecule has 0 fully saturated rings. The molecule has 4 heteroatoms. The molecule has 0 aliphatic rings. The average molecular weight is 228 g/mol. The Labute approximate surface area is 90.9 Å². The van der Waals surface area contributed by atoms with E-state index in [1.807, 2.05) is 26.8 Å². The van der Waals surface area contributed by atoms with E-state index in [1.54, 1.807) is 6.07 Å². The standard InChI is InChI=1S/C11H16O3S/c1-4-11(2,3)9-6-5-7-10(8-9)15(12,13)14/h5-8H,4H2,1-3H3,(H,12,13,14). The highest BCUT2D eigenvalue weighted by atomic mass is 32.2. The van der Waals surface area contributed by atoms with Crippen molar-refractivity contribution >= 4 is 10.1 Å². The predicted octanol–water partition coefficient (Wildman–Crippen LogP) is 2.62. The van der Waals surface area contributed by atoms with Gasteiger partial charge in [-0.3, -0.25) is 4.55 Å². The molecule has 0 aromatic heterocycles. The van der Waals surface area contributed by atoms with E-state index in [-0.39, 0.29) is 10.3 Å². The van der Waals surface area contributed by atoms with Gasteiger partial charge in [-0.25, -0.2) is 0 Å². The zero-order chi connectivity index (χ0) is 11.7. The van der Waals surface area contributed by atoms with E-state index in [0.29, 0.717) is 0 Å². The van der Waals surface area contributed by atoms with Crippen molar-refractivity contribution in [2.45, 2.75) is 37.5 Å². The van der Waals surface area contributed by atoms with Gasteiger partial charge in [0.25, 0.3) is 10.1 Å². The maximum Gasteiger partial charge on any atom is 0.294 e. The Morgan fingerprint density at radius 1 is 1.33 bits per heavy atom. The summed E-state index contributed by atoms with van der Waals surface area (Å²) in [5.41, 5.74) is 0.834. The summed E-state index contributed by atoms with van der Waals surface area (Å²) >= 11 is 0. The van der Waals surface area contributed by atoms with Gasteiger partial charge in [0.05, 0.1) is 4.90 Å². The van der Waals surface area contributed by atoms with Crippen molar-refractivity contribution in [1.82, 2.24) is 0 Å². The smallest absolute Gasteiger partial charge is 0.282 e. The Morgan fingerprint density at radius 2 is 1.93 bits per heavy atom. The van der Waals surface area contributed by atoms with Gasteiger partial charge in [-0.2, -0.15) is 8.42 Å². The molecule has 0 atom stereocenters. The topological polar surface area (TPSA) is 54.4 Å². The summed E-state index contributed by atoms with van der Waals surface area (Å²) in [6.07, 6.45) is 0.905. The molecule has 84 valence electrons. The minimum absolute atomic E-state index is 0.0403. The summed E-state index contributed by atoms with van der Waals surface area (Å²) < 4.78 is 30.8. The Bertz CT molecular complexity index is 447. The van der Waals surface area contributed by atoms with Crippen LogP contribution in [-0.2, 0) is 15.5 Å². The second-order valence-corrected chi connectivity index (χ2v) is 5.66. The van der Waals surface area contributed by atoms with E-state index in [1.165, 1.54) is 12.1 Å². The van der Waals surface area contributed by atoms with Crippen LogP contribution in [0.1, 0.15) is 32.8 Å². The lowest BCUT2D eigenvalue weighted by molar-refractivity contribution is 0.480. The van der Waals surface area contributed by atoms with E-state index in [9.17, 15) is 8.42 Å². The summed E-state index contributed by atoms with van der Waals surface area (Å²) in [5, 5.41) is 0. The van der Waals surface area contributed by atoms with Crippen LogP contribution in [0.2, 0.25) is 0 Å². The molecule has 1 rings (SSSR count). The van der Waals surface area contributed by atoms with Crippen LogP contribution in [0.5, 0.6) is 0 Å². The lowest BCUT2D eigenvalue weighted by atomic mass is 9.82. The highest BCUT2D eigenvalue weighted by molar-refractivity contribution is 7.85. The first-order chi connectivity index (χ1) is 6.77. The van der Waals surface area contributed by atoms with Gasteiger partial charge in [-0.05, 0) is 29.5 Å². The van der Waals surface area contributed by atoms with Crippen LogP contribution in [0.4, 0.5) is 0 Å². The zero-order valence-corrected chi connectivity index (χ0v) is 10.0. The minimum Gasteiger partial charge on any atom is -0.282 e. The van der Waals surface area contributed by atoms with E-state index >= 15 is 0 Å². The van der Waals surface area contributed by atoms with Crippen LogP contribution in [-0.4, -0.2) is 13.0 Å². The van der Waals surface area contributed by atoms with Gasteiger partial charge in [0, 0.05) is 0 Å². The fraction of sp³-hybridized carbons (Fsp3) is 0.455. The van der Waals surface area contributed by atoms with E-state index in [2.05, 4.69) is 0 Å². The molecule has 0 aliphatic carbocycles. The molecule has 1 aromatic carbocycles. The van der Waals surface area contributed by atoms with Gasteiger partial charge in [0.1, 0.15) is 0 Å². The number of hydrogen-bond acceptors (Lipinski definition) is 2. The number of hydrogen-bond donors (Lipinski definition) is 1. The summed E-state index contributed by atoms with van der Waals surface area (Å²) in [6.45, 7) is 6.12. The molecular formula is C11H16O3S. The van der Waals surface area contributed by atoms with Crippen LogP contribution in [0, 0.1) is 0 Å². The fourth-order valence-corrected chi connectivity index (χ4v) is 1.81. The Balaban J connectivity index is 3.26. The molecule has 1 aromatic rings. The van der Waals surface area contributed by atoms with Crippen molar-refractivity contribution in [2.24, 2.45) is 0 Å². The third kappa shape index (κ3) is 2.79. The molecule has 15 heavy (non-hydrogen) atoms. The van der Waals surface area contributed by atoms with Gasteiger partial charge in [0.15, 0.2) is 0 Å². The summed E-state index contributed by atoms with van der Waals surface area (Å²) in [4.78, 5) is -0.0403. The Hall–Kier alpha value is -0.870. The van der Waals surface area contributed by atoms with Gasteiger partial charge in [0.2, 0.25) is 0 Å². The van der Waals surface area contributed by atoms with Crippen molar-refractivity contribution in [1.29, 1.82) is 0 Å². The van der Waals surface area contributed by atoms with Crippen molar-refractivity contribution in [2.75, 3.05) is 0 Å². The minimum atomic E-state index is -4.09. The van der Waals surface area contributed by atoms with Gasteiger partial charge in [-0.1, -0.05) is 32.9 Å². The largest absolute Gasteiger partial charge is 0.294 e. The molecule has 0 spiro atoms. The molecule has 0 unspecified atom stereocenters. The molecule has 0 saturated carbocycles. The molecule has 0 radical (unpaired) electrons. The van der Waals surface area contributed by atoms with Crippen LogP contribution in [0.15, 0.2) is 29.2 Å². The molecule has 3 nitrogen and oxygen atoms in total. The zero-order valence-electron chi connectivity index (χ0n) is 9.19. The Morgan fingerprint density at radius 3 is 2.40 bits per heavy atom. The van der Waals surface area contributed by atoms with Crippen molar-refractivity contribution in [3.05, 3.63) is 29.8 Å². The third-order valence-corrected chi connectivity index (χ3v) is 3.65. The van der Waals surface area contributed by atoms with Crippen LogP contribution in [0.25, 0.3) is 0 Å². The van der Waals surface area contributed by atoms with Crippen LogP contribution < -0.4 is 0 Å². The van der Waals surface area contributed by atoms with E-state index in [4.69, 9.17) is 4.55 Å². The van der Waals surface area contributed by atoms with Gasteiger partial charge >= 0.3 is 0 Å². The summed E-state index contributed by atoms with van der Waals surface area (Å²) in [6, 6.07) is 6.44. The highest BCUT2D eigenvalue weighted by Crippen LogP contribution is 2.28. The monoisotopic (exact) mass is 228 g/mol. The van der Waals surface area contributed by atoms with Crippen LogP contribution >= 0.6 is 0 Å². The first-order valence-corrected chi connectivity index (χ1v) is 6.29. The maximum atomic E-state index is 11.0. The van der Waals surface area contributed by atoms with Gasteiger partial charge < -0.3 is 0 Å². The second kappa shape index (κ2) is 3.94. The fourth-order valence-electron chi connectivity index (χ4n) is 1.28. The first kappa shape index (κ1) is 12.2. The Kier molecular flexibility index (Phi) is 3.21. The molecule has 0 saturated heterocycles. The van der Waals surface area contributed by atoms with Crippen molar-refractivity contribution in [3.63, 3.8) is 0 Å². The lowest BCUT2D eigenvalue weighted by Gasteiger charge is -2.23. The predicted molar refractivity (Wildman–Crippen MR) is 59.6 cm³/mol. The summed E-state index contributed by atoms with van der Waals surface area (Å²) in [5.74, 6) is 0. The van der Waals surface area contributed by atoms with E-state index < -0.39 is 10.1 Å². The molecular weight excluding hydrogens is 212 g/mol. The lowest BCUT2D eigenvalue weighted by Crippen LogP contribution is -2.16. The maximum absolute atomic E-state index is 11.0. The number of benzene rings is 1. The molecule has 1 N–H and O–H groups in total. The molecule has 0 bridgehead atoms. The van der Waals surface area contributed by atoms with E-state index in [0.717, 1.165) is 12.0 Å². The molecule has 0 aliphatic heterocycles. The van der Waals surface area contributed by atoms with Crippen LogP contribution in [0.3, 0.4) is 0 Å². The third-order valence-electron chi connectivity index (χ3n) is 2.80. The number of rotatable bonds is 3. The normalized spacial score (nSPS) is 12.8. The second-order valence-electron chi connectivity index (χ2n) is 4.24. The first-order valence-electron chi connectivity index (χ1n) is 4.85. The highest BCUT2D eigenvalue weighted by Gasteiger charge is 2.20. The quantitative estimate of drug-likeness (QED) is 0.809. The molecule has 0 amide bonds. The SMILES string of the molecule is CCC(C)(C)c1cccc(S(=O)(=O)O)c1. The molecule has 0 heterocycles. The van der Waals surface area contributed by atoms with Crippen molar-refractivity contribution < 1.29 is 13.0 Å². The van der Waals surface area contributed by atoms with Gasteiger partial charge in [-0.15, -0.1) is 0 Å². The van der Waals surface area contributed by atoms with Crippen molar-refractivity contribution in [3.8, 4) is 0 Å².